The summed E-state index contributed by atoms with van der Waals surface area (Å²) in [6.07, 6.45) is 0. The fraction of sp³-hybridized carbons (Fsp3) is 0.250. The molecule has 0 saturated carbocycles. The largest absolute Gasteiger partial charge is 0.493 e. The van der Waals surface area contributed by atoms with Crippen LogP contribution in [0.1, 0.15) is 5.82 Å². The van der Waals surface area contributed by atoms with Crippen molar-refractivity contribution in [1.29, 1.82) is 0 Å². The Kier molecular flexibility index (Phi) is 5.42. The van der Waals surface area contributed by atoms with E-state index in [0.29, 0.717) is 18.2 Å². The number of hydrogen-bond donors (Lipinski definition) is 2. The molecule has 2 aromatic rings. The third-order valence-corrected chi connectivity index (χ3v) is 3.70. The molecule has 0 amide bonds. The van der Waals surface area contributed by atoms with Gasteiger partial charge in [-0.1, -0.05) is 15.9 Å². The van der Waals surface area contributed by atoms with E-state index in [9.17, 15) is 0 Å². The van der Waals surface area contributed by atoms with Gasteiger partial charge in [-0.15, -0.1) is 0 Å². The van der Waals surface area contributed by atoms with Gasteiger partial charge in [0.25, 0.3) is 0 Å². The van der Waals surface area contributed by atoms with Gasteiger partial charge in [-0.3, -0.25) is 0 Å². The Balaban J connectivity index is 1.70. The molecule has 0 unspecified atom stereocenters. The first kappa shape index (κ1) is 14.9. The van der Waals surface area contributed by atoms with E-state index in [2.05, 4.69) is 30.9 Å². The van der Waals surface area contributed by atoms with E-state index < -0.39 is 0 Å². The lowest BCUT2D eigenvalue weighted by molar-refractivity contribution is 0.344. The maximum Gasteiger partial charge on any atom is 0.225 e. The van der Waals surface area contributed by atoms with Crippen molar-refractivity contribution in [3.8, 4) is 5.75 Å². The Morgan fingerprint density at radius 1 is 1.05 bits per heavy atom. The Labute approximate surface area is 129 Å². The number of anilines is 2. The Morgan fingerprint density at radius 2 is 1.70 bits per heavy atom. The van der Waals surface area contributed by atoms with Gasteiger partial charge in [0, 0.05) is 10.2 Å². The Morgan fingerprint density at radius 3 is 2.35 bits per heavy atom. The molecule has 20 heavy (non-hydrogen) atoms. The summed E-state index contributed by atoms with van der Waals surface area (Å²) in [4.78, 5) is 11.7. The smallest absolute Gasteiger partial charge is 0.225 e. The highest BCUT2D eigenvalue weighted by atomic mass is 79.9. The molecular weight excluding hydrogens is 342 g/mol. The first-order valence-electron chi connectivity index (χ1n) is 5.85. The van der Waals surface area contributed by atoms with Crippen molar-refractivity contribution in [2.24, 2.45) is 0 Å². The van der Waals surface area contributed by atoms with Gasteiger partial charge in [-0.25, -0.2) is 0 Å². The van der Waals surface area contributed by atoms with E-state index in [0.717, 1.165) is 16.0 Å². The van der Waals surface area contributed by atoms with Crippen LogP contribution in [0.2, 0.25) is 0 Å². The Bertz CT molecular complexity index is 546. The molecule has 0 aliphatic carbocycles. The third-order valence-electron chi connectivity index (χ3n) is 2.26. The SMILES string of the molecule is Nc1nc(N)nc(CSCCOc2ccc(Br)cc2)n1. The summed E-state index contributed by atoms with van der Waals surface area (Å²) in [6, 6.07) is 7.72. The van der Waals surface area contributed by atoms with Crippen molar-refractivity contribution in [2.45, 2.75) is 5.75 Å². The molecule has 1 aromatic heterocycles. The van der Waals surface area contributed by atoms with Crippen LogP contribution in [0.15, 0.2) is 28.7 Å². The Hall–Kier alpha value is -1.54. The van der Waals surface area contributed by atoms with Crippen LogP contribution >= 0.6 is 27.7 Å². The number of benzene rings is 1. The summed E-state index contributed by atoms with van der Waals surface area (Å²) >= 11 is 5.02. The number of thioether (sulfide) groups is 1. The number of nitrogens with two attached hydrogens (primary N) is 2. The zero-order valence-corrected chi connectivity index (χ0v) is 13.0. The average Bonchev–Trinajstić information content (AvgIpc) is 2.39. The zero-order valence-electron chi connectivity index (χ0n) is 10.6. The van der Waals surface area contributed by atoms with Gasteiger partial charge in [-0.05, 0) is 24.3 Å². The number of rotatable bonds is 6. The van der Waals surface area contributed by atoms with Gasteiger partial charge in [0.05, 0.1) is 12.4 Å². The molecule has 0 bridgehead atoms. The summed E-state index contributed by atoms with van der Waals surface area (Å²) in [7, 11) is 0. The lowest BCUT2D eigenvalue weighted by Crippen LogP contribution is -2.07. The highest BCUT2D eigenvalue weighted by Crippen LogP contribution is 2.17. The third kappa shape index (κ3) is 4.86. The molecule has 0 radical (unpaired) electrons. The predicted molar refractivity (Wildman–Crippen MR) is 84.5 cm³/mol. The molecule has 106 valence electrons. The highest BCUT2D eigenvalue weighted by molar-refractivity contribution is 9.10. The molecule has 0 saturated heterocycles. The van der Waals surface area contributed by atoms with Gasteiger partial charge in [-0.2, -0.15) is 26.7 Å². The number of nitrogens with zero attached hydrogens (tertiary/aromatic N) is 3. The van der Waals surface area contributed by atoms with Crippen LogP contribution < -0.4 is 16.2 Å². The minimum Gasteiger partial charge on any atom is -0.493 e. The number of nitrogen functional groups attached to an aromatic ring is 2. The standard InChI is InChI=1S/C12H14BrN5OS/c13-8-1-3-9(4-2-8)19-5-6-20-7-10-16-11(14)18-12(15)17-10/h1-4H,5-7H2,(H4,14,15,16,17,18). The summed E-state index contributed by atoms with van der Waals surface area (Å²) < 4.78 is 6.63. The molecular formula is C12H14BrN5OS. The minimum atomic E-state index is 0.152. The molecule has 0 atom stereocenters. The monoisotopic (exact) mass is 355 g/mol. The van der Waals surface area contributed by atoms with Gasteiger partial charge >= 0.3 is 0 Å². The topological polar surface area (TPSA) is 99.9 Å². The fourth-order valence-electron chi connectivity index (χ4n) is 1.43. The number of hydrogen-bond acceptors (Lipinski definition) is 7. The second kappa shape index (κ2) is 7.30. The van der Waals surface area contributed by atoms with E-state index in [1.165, 1.54) is 0 Å². The van der Waals surface area contributed by atoms with Crippen molar-refractivity contribution in [3.63, 3.8) is 0 Å². The number of halogens is 1. The van der Waals surface area contributed by atoms with Crippen LogP contribution in [0.4, 0.5) is 11.9 Å². The minimum absolute atomic E-state index is 0.152. The summed E-state index contributed by atoms with van der Waals surface area (Å²) in [5.74, 6) is 3.19. The molecule has 2 rings (SSSR count). The average molecular weight is 356 g/mol. The zero-order chi connectivity index (χ0) is 14.4. The van der Waals surface area contributed by atoms with Crippen molar-refractivity contribution < 1.29 is 4.74 Å². The van der Waals surface area contributed by atoms with E-state index in [-0.39, 0.29) is 11.9 Å². The molecule has 0 aliphatic rings. The van der Waals surface area contributed by atoms with E-state index in [1.54, 1.807) is 11.8 Å². The molecule has 0 aliphatic heterocycles. The van der Waals surface area contributed by atoms with E-state index >= 15 is 0 Å². The molecule has 8 heteroatoms. The van der Waals surface area contributed by atoms with Crippen LogP contribution in [-0.2, 0) is 5.75 Å². The first-order chi connectivity index (χ1) is 9.63. The van der Waals surface area contributed by atoms with E-state index in [1.807, 2.05) is 24.3 Å². The first-order valence-corrected chi connectivity index (χ1v) is 7.80. The number of aromatic nitrogens is 3. The van der Waals surface area contributed by atoms with Crippen molar-refractivity contribution in [3.05, 3.63) is 34.6 Å². The fourth-order valence-corrected chi connectivity index (χ4v) is 2.36. The highest BCUT2D eigenvalue weighted by Gasteiger charge is 2.02. The quantitative estimate of drug-likeness (QED) is 0.765. The summed E-state index contributed by atoms with van der Waals surface area (Å²) in [5, 5.41) is 0. The van der Waals surface area contributed by atoms with Crippen LogP contribution in [-0.4, -0.2) is 27.3 Å². The van der Waals surface area contributed by atoms with E-state index in [4.69, 9.17) is 16.2 Å². The van der Waals surface area contributed by atoms with Crippen LogP contribution in [0.3, 0.4) is 0 Å². The number of ether oxygens (including phenoxy) is 1. The molecule has 1 aromatic carbocycles. The van der Waals surface area contributed by atoms with Crippen LogP contribution in [0.5, 0.6) is 5.75 Å². The van der Waals surface area contributed by atoms with Crippen LogP contribution in [0.25, 0.3) is 0 Å². The van der Waals surface area contributed by atoms with Crippen molar-refractivity contribution in [2.75, 3.05) is 23.8 Å². The summed E-state index contributed by atoms with van der Waals surface area (Å²) in [5.41, 5.74) is 11.0. The predicted octanol–water partition coefficient (Wildman–Crippen LogP) is 2.11. The lowest BCUT2D eigenvalue weighted by Gasteiger charge is -2.06. The second-order valence-electron chi connectivity index (χ2n) is 3.82. The van der Waals surface area contributed by atoms with Gasteiger partial charge in [0.1, 0.15) is 11.6 Å². The molecule has 0 fully saturated rings. The lowest BCUT2D eigenvalue weighted by atomic mass is 10.3. The molecule has 1 heterocycles. The summed E-state index contributed by atoms with van der Waals surface area (Å²) in [6.45, 7) is 0.613. The van der Waals surface area contributed by atoms with Crippen molar-refractivity contribution >= 4 is 39.6 Å². The maximum atomic E-state index is 5.60. The van der Waals surface area contributed by atoms with Gasteiger partial charge < -0.3 is 16.2 Å². The van der Waals surface area contributed by atoms with Gasteiger partial charge in [0.15, 0.2) is 0 Å². The molecule has 4 N–H and O–H groups in total. The van der Waals surface area contributed by atoms with Crippen molar-refractivity contribution in [1.82, 2.24) is 15.0 Å². The normalized spacial score (nSPS) is 10.4. The molecule has 0 spiro atoms. The molecule has 6 nitrogen and oxygen atoms in total. The second-order valence-corrected chi connectivity index (χ2v) is 5.84. The van der Waals surface area contributed by atoms with Crippen LogP contribution in [0, 0.1) is 0 Å². The maximum absolute atomic E-state index is 5.60. The van der Waals surface area contributed by atoms with Gasteiger partial charge in [0.2, 0.25) is 11.9 Å².